The Balaban J connectivity index is 1.61. The van der Waals surface area contributed by atoms with E-state index in [0.717, 1.165) is 16.7 Å². The third-order valence-electron chi connectivity index (χ3n) is 5.75. The summed E-state index contributed by atoms with van der Waals surface area (Å²) in [4.78, 5) is 37.8. The third-order valence-corrected chi connectivity index (χ3v) is 5.75. The number of hydrogen-bond acceptors (Lipinski definition) is 5. The normalized spacial score (nSPS) is 15.3. The minimum absolute atomic E-state index is 0.0650. The van der Waals surface area contributed by atoms with Crippen LogP contribution in [0.2, 0.25) is 0 Å². The van der Waals surface area contributed by atoms with Crippen molar-refractivity contribution < 1.29 is 14.0 Å². The molecule has 164 valence electrons. The molecule has 2 aromatic heterocycles. The van der Waals surface area contributed by atoms with Gasteiger partial charge in [-0.3, -0.25) is 9.59 Å². The van der Waals surface area contributed by atoms with E-state index in [-0.39, 0.29) is 23.6 Å². The number of carbonyl (C=O) groups excluding carboxylic acids is 2. The van der Waals surface area contributed by atoms with Crippen LogP contribution in [0, 0.1) is 0 Å². The number of aromatic nitrogens is 2. The van der Waals surface area contributed by atoms with Crippen LogP contribution in [0.3, 0.4) is 0 Å². The zero-order valence-electron chi connectivity index (χ0n) is 18.3. The second-order valence-corrected chi connectivity index (χ2v) is 7.99. The Labute approximate surface area is 191 Å². The number of benzene rings is 2. The van der Waals surface area contributed by atoms with Gasteiger partial charge in [-0.05, 0) is 54.4 Å². The molecule has 0 N–H and O–H groups in total. The maximum atomic E-state index is 13.2. The molecule has 3 heterocycles. The van der Waals surface area contributed by atoms with Crippen LogP contribution in [0.25, 0.3) is 22.5 Å². The Morgan fingerprint density at radius 2 is 1.67 bits per heavy atom. The largest absolute Gasteiger partial charge is 0.459 e. The molecule has 0 radical (unpaired) electrons. The molecule has 2 amide bonds. The lowest BCUT2D eigenvalue weighted by atomic mass is 9.99. The van der Waals surface area contributed by atoms with E-state index in [0.29, 0.717) is 23.7 Å². The average molecular weight is 438 g/mol. The van der Waals surface area contributed by atoms with Crippen molar-refractivity contribution in [3.63, 3.8) is 0 Å². The molecule has 1 aliphatic heterocycles. The van der Waals surface area contributed by atoms with E-state index in [1.54, 1.807) is 47.3 Å². The summed E-state index contributed by atoms with van der Waals surface area (Å²) in [5.41, 5.74) is 4.15. The zero-order valence-corrected chi connectivity index (χ0v) is 18.3. The number of carbonyl (C=O) groups is 2. The molecule has 2 aromatic carbocycles. The number of nitrogens with zero attached hydrogens (tertiary/aromatic N) is 4. The summed E-state index contributed by atoms with van der Waals surface area (Å²) in [5, 5.41) is 0. The van der Waals surface area contributed by atoms with Crippen molar-refractivity contribution in [2.75, 3.05) is 16.3 Å². The number of anilines is 2. The highest BCUT2D eigenvalue weighted by Crippen LogP contribution is 2.40. The molecular weight excluding hydrogens is 416 g/mol. The summed E-state index contributed by atoms with van der Waals surface area (Å²) in [7, 11) is 0. The number of amides is 2. The standard InChI is InChI=1S/C26H22N4O3/c1-17-16-29(26(32)24-8-4-13-33-24)23-15-20(9-10-22(23)30(17)18(2)31)19-6-3-7-21(14-19)25-27-11-5-12-28-25/h3-15,17H,16H2,1-2H3/t17-/m0/s1. The van der Waals surface area contributed by atoms with E-state index in [2.05, 4.69) is 9.97 Å². The van der Waals surface area contributed by atoms with Gasteiger partial charge in [0.05, 0.1) is 23.7 Å². The molecule has 7 nitrogen and oxygen atoms in total. The van der Waals surface area contributed by atoms with Crippen LogP contribution in [0.15, 0.2) is 83.7 Å². The lowest BCUT2D eigenvalue weighted by Gasteiger charge is -2.40. The van der Waals surface area contributed by atoms with Crippen LogP contribution in [-0.2, 0) is 4.79 Å². The van der Waals surface area contributed by atoms with Crippen molar-refractivity contribution in [3.05, 3.63) is 85.1 Å². The number of rotatable bonds is 3. The predicted molar refractivity (Wildman–Crippen MR) is 126 cm³/mol. The van der Waals surface area contributed by atoms with Gasteiger partial charge in [-0.2, -0.15) is 0 Å². The molecule has 1 atom stereocenters. The molecule has 7 heteroatoms. The van der Waals surface area contributed by atoms with Crippen LogP contribution in [-0.4, -0.2) is 34.4 Å². The maximum Gasteiger partial charge on any atom is 0.294 e. The van der Waals surface area contributed by atoms with E-state index in [4.69, 9.17) is 4.42 Å². The summed E-state index contributed by atoms with van der Waals surface area (Å²) < 4.78 is 5.37. The van der Waals surface area contributed by atoms with Crippen molar-refractivity contribution >= 4 is 23.2 Å². The molecule has 0 saturated carbocycles. The van der Waals surface area contributed by atoms with Crippen molar-refractivity contribution in [1.29, 1.82) is 0 Å². The first-order valence-electron chi connectivity index (χ1n) is 10.7. The monoisotopic (exact) mass is 438 g/mol. The van der Waals surface area contributed by atoms with E-state index in [1.807, 2.05) is 49.4 Å². The first kappa shape index (κ1) is 20.6. The molecule has 0 unspecified atom stereocenters. The highest BCUT2D eigenvalue weighted by atomic mass is 16.3. The smallest absolute Gasteiger partial charge is 0.294 e. The quantitative estimate of drug-likeness (QED) is 0.459. The Hall–Kier alpha value is -4.26. The lowest BCUT2D eigenvalue weighted by Crippen LogP contribution is -2.51. The minimum Gasteiger partial charge on any atom is -0.459 e. The number of furan rings is 1. The topological polar surface area (TPSA) is 79.5 Å². The highest BCUT2D eigenvalue weighted by molar-refractivity contribution is 6.10. The van der Waals surface area contributed by atoms with Gasteiger partial charge in [0.15, 0.2) is 11.6 Å². The fraction of sp³-hybridized carbons (Fsp3) is 0.154. The molecule has 4 aromatic rings. The molecule has 0 bridgehead atoms. The molecule has 0 fully saturated rings. The second kappa shape index (κ2) is 8.35. The first-order chi connectivity index (χ1) is 16.0. The SMILES string of the molecule is CC(=O)N1c2ccc(-c3cccc(-c4ncccn4)c3)cc2N(C(=O)c2ccco2)C[C@@H]1C. The van der Waals surface area contributed by atoms with Gasteiger partial charge in [-0.25, -0.2) is 9.97 Å². The highest BCUT2D eigenvalue weighted by Gasteiger charge is 2.35. The van der Waals surface area contributed by atoms with Crippen molar-refractivity contribution in [1.82, 2.24) is 9.97 Å². The zero-order chi connectivity index (χ0) is 22.9. The van der Waals surface area contributed by atoms with E-state index < -0.39 is 0 Å². The van der Waals surface area contributed by atoms with E-state index >= 15 is 0 Å². The van der Waals surface area contributed by atoms with Gasteiger partial charge < -0.3 is 14.2 Å². The molecule has 5 rings (SSSR count). The van der Waals surface area contributed by atoms with Crippen molar-refractivity contribution in [3.8, 4) is 22.5 Å². The van der Waals surface area contributed by atoms with Crippen LogP contribution < -0.4 is 9.80 Å². The molecule has 1 aliphatic rings. The van der Waals surface area contributed by atoms with E-state index in [9.17, 15) is 9.59 Å². The summed E-state index contributed by atoms with van der Waals surface area (Å²) in [6, 6.07) is 18.7. The molecular formula is C26H22N4O3. The van der Waals surface area contributed by atoms with Gasteiger partial charge >= 0.3 is 0 Å². The second-order valence-electron chi connectivity index (χ2n) is 7.99. The number of hydrogen-bond donors (Lipinski definition) is 0. The summed E-state index contributed by atoms with van der Waals surface area (Å²) in [6.07, 6.45) is 4.91. The minimum atomic E-state index is -0.236. The van der Waals surface area contributed by atoms with Gasteiger partial charge in [-0.1, -0.05) is 24.3 Å². The van der Waals surface area contributed by atoms with Crippen LogP contribution in [0.5, 0.6) is 0 Å². The number of fused-ring (bicyclic) bond motifs is 1. The molecule has 33 heavy (non-hydrogen) atoms. The van der Waals surface area contributed by atoms with Gasteiger partial charge in [0.1, 0.15) is 0 Å². The van der Waals surface area contributed by atoms with Gasteiger partial charge in [0.25, 0.3) is 5.91 Å². The van der Waals surface area contributed by atoms with E-state index in [1.165, 1.54) is 6.26 Å². The maximum absolute atomic E-state index is 13.2. The Kier molecular flexibility index (Phi) is 5.22. The van der Waals surface area contributed by atoms with Crippen LogP contribution in [0.1, 0.15) is 24.4 Å². The summed E-state index contributed by atoms with van der Waals surface area (Å²) >= 11 is 0. The fourth-order valence-electron chi connectivity index (χ4n) is 4.30. The Morgan fingerprint density at radius 3 is 2.39 bits per heavy atom. The van der Waals surface area contributed by atoms with Crippen molar-refractivity contribution in [2.45, 2.75) is 19.9 Å². The first-order valence-corrected chi connectivity index (χ1v) is 10.7. The summed E-state index contributed by atoms with van der Waals surface area (Å²) in [6.45, 7) is 3.85. The average Bonchev–Trinajstić information content (AvgIpc) is 3.38. The van der Waals surface area contributed by atoms with Gasteiger partial charge in [0.2, 0.25) is 5.91 Å². The Bertz CT molecular complexity index is 1320. The van der Waals surface area contributed by atoms with Crippen molar-refractivity contribution in [2.24, 2.45) is 0 Å². The van der Waals surface area contributed by atoms with Crippen LogP contribution >= 0.6 is 0 Å². The predicted octanol–water partition coefficient (Wildman–Crippen LogP) is 4.81. The fourth-order valence-corrected chi connectivity index (χ4v) is 4.30. The summed E-state index contributed by atoms with van der Waals surface area (Å²) in [5.74, 6) is 0.603. The van der Waals surface area contributed by atoms with Gasteiger partial charge in [-0.15, -0.1) is 0 Å². The van der Waals surface area contributed by atoms with Crippen LogP contribution in [0.4, 0.5) is 11.4 Å². The molecule has 0 spiro atoms. The lowest BCUT2D eigenvalue weighted by molar-refractivity contribution is -0.117. The molecule has 0 saturated heterocycles. The molecule has 0 aliphatic carbocycles. The Morgan fingerprint density at radius 1 is 0.909 bits per heavy atom. The van der Waals surface area contributed by atoms with Gasteiger partial charge in [0, 0.05) is 31.4 Å². The third kappa shape index (κ3) is 3.78.